The van der Waals surface area contributed by atoms with Gasteiger partial charge in [-0.15, -0.1) is 0 Å². The molecule has 1 heterocycles. The molecule has 0 saturated carbocycles. The normalized spacial score (nSPS) is 26.5. The number of rotatable bonds is 4. The van der Waals surface area contributed by atoms with Crippen molar-refractivity contribution in [2.75, 3.05) is 13.1 Å². The molecule has 2 unspecified atom stereocenters. The summed E-state index contributed by atoms with van der Waals surface area (Å²) in [5.74, 6) is 4.97. The van der Waals surface area contributed by atoms with Crippen LogP contribution in [0, 0.1) is 0 Å². The highest BCUT2D eigenvalue weighted by molar-refractivity contribution is 5.75. The van der Waals surface area contributed by atoms with Crippen molar-refractivity contribution in [2.24, 2.45) is 5.84 Å². The maximum absolute atomic E-state index is 11.1. The van der Waals surface area contributed by atoms with Gasteiger partial charge in [0.25, 0.3) is 0 Å². The quantitative estimate of drug-likeness (QED) is 0.432. The molecule has 0 spiro atoms. The van der Waals surface area contributed by atoms with Gasteiger partial charge >= 0.3 is 0 Å². The summed E-state index contributed by atoms with van der Waals surface area (Å²) in [5.41, 5.74) is 2.06. The van der Waals surface area contributed by atoms with Crippen LogP contribution in [0.15, 0.2) is 0 Å². The molecule has 5 nitrogen and oxygen atoms in total. The van der Waals surface area contributed by atoms with Gasteiger partial charge in [0.2, 0.25) is 5.91 Å². The van der Waals surface area contributed by atoms with Crippen molar-refractivity contribution in [3.05, 3.63) is 0 Å². The Morgan fingerprint density at radius 3 is 2.82 bits per heavy atom. The topological polar surface area (TPSA) is 67.6 Å². The predicted molar refractivity (Wildman–Crippen MR) is 67.2 cm³/mol. The first-order valence-electron chi connectivity index (χ1n) is 6.25. The third-order valence-corrected chi connectivity index (χ3v) is 3.17. The van der Waals surface area contributed by atoms with E-state index in [0.717, 1.165) is 19.5 Å². The van der Waals surface area contributed by atoms with Crippen molar-refractivity contribution in [3.8, 4) is 0 Å². The van der Waals surface area contributed by atoms with E-state index >= 15 is 0 Å². The number of nitrogens with one attached hydrogen (secondary N) is 1. The minimum Gasteiger partial charge on any atom is -0.370 e. The highest BCUT2D eigenvalue weighted by Crippen LogP contribution is 2.23. The van der Waals surface area contributed by atoms with Gasteiger partial charge in [0.15, 0.2) is 0 Å². The van der Waals surface area contributed by atoms with Crippen LogP contribution in [0.2, 0.25) is 0 Å². The largest absolute Gasteiger partial charge is 0.370 e. The first kappa shape index (κ1) is 14.4. The molecule has 2 atom stereocenters. The molecular weight excluding hydrogens is 218 g/mol. The van der Waals surface area contributed by atoms with Crippen LogP contribution in [0.5, 0.6) is 0 Å². The van der Waals surface area contributed by atoms with Crippen LogP contribution in [0.3, 0.4) is 0 Å². The van der Waals surface area contributed by atoms with Gasteiger partial charge in [0, 0.05) is 25.6 Å². The van der Waals surface area contributed by atoms with Crippen molar-refractivity contribution in [1.29, 1.82) is 0 Å². The summed E-state index contributed by atoms with van der Waals surface area (Å²) in [6.45, 7) is 10.3. The van der Waals surface area contributed by atoms with E-state index in [1.165, 1.54) is 0 Å². The fraction of sp³-hybridized carbons (Fsp3) is 0.917. The average molecular weight is 243 g/mol. The van der Waals surface area contributed by atoms with E-state index in [-0.39, 0.29) is 17.6 Å². The molecule has 0 aromatic rings. The van der Waals surface area contributed by atoms with E-state index in [0.29, 0.717) is 12.5 Å². The van der Waals surface area contributed by atoms with Crippen molar-refractivity contribution in [2.45, 2.75) is 58.3 Å². The van der Waals surface area contributed by atoms with E-state index in [4.69, 9.17) is 10.6 Å². The van der Waals surface area contributed by atoms with E-state index in [1.54, 1.807) is 0 Å². The monoisotopic (exact) mass is 243 g/mol. The van der Waals surface area contributed by atoms with Gasteiger partial charge in [-0.1, -0.05) is 0 Å². The number of hydrogen-bond donors (Lipinski definition) is 2. The Kier molecular flexibility index (Phi) is 4.91. The zero-order chi connectivity index (χ0) is 13.1. The zero-order valence-electron chi connectivity index (χ0n) is 11.3. The first-order valence-corrected chi connectivity index (χ1v) is 6.25. The van der Waals surface area contributed by atoms with Crippen molar-refractivity contribution >= 4 is 5.91 Å². The molecule has 1 amide bonds. The summed E-state index contributed by atoms with van der Waals surface area (Å²) >= 11 is 0. The van der Waals surface area contributed by atoms with Crippen LogP contribution in [0.1, 0.15) is 40.5 Å². The number of hydrogen-bond acceptors (Lipinski definition) is 4. The molecule has 3 N–H and O–H groups in total. The SMILES string of the molecule is CC1CN(C(C)CCC(=O)NN)CC(C)(C)O1. The van der Waals surface area contributed by atoms with Gasteiger partial charge in [0.05, 0.1) is 11.7 Å². The Balaban J connectivity index is 2.45. The number of carbonyl (C=O) groups is 1. The van der Waals surface area contributed by atoms with Gasteiger partial charge in [-0.3, -0.25) is 15.1 Å². The summed E-state index contributed by atoms with van der Waals surface area (Å²) in [7, 11) is 0. The van der Waals surface area contributed by atoms with Crippen LogP contribution < -0.4 is 11.3 Å². The highest BCUT2D eigenvalue weighted by Gasteiger charge is 2.33. The third kappa shape index (κ3) is 4.61. The second-order valence-corrected chi connectivity index (χ2v) is 5.57. The number of nitrogens with zero attached hydrogens (tertiary/aromatic N) is 1. The lowest BCUT2D eigenvalue weighted by Crippen LogP contribution is -2.54. The molecule has 1 fully saturated rings. The van der Waals surface area contributed by atoms with Gasteiger partial charge < -0.3 is 4.74 Å². The minimum absolute atomic E-state index is 0.0996. The van der Waals surface area contributed by atoms with E-state index in [2.05, 4.69) is 38.0 Å². The maximum Gasteiger partial charge on any atom is 0.233 e. The van der Waals surface area contributed by atoms with Gasteiger partial charge in [-0.25, -0.2) is 5.84 Å². The number of ether oxygens (including phenoxy) is 1. The lowest BCUT2D eigenvalue weighted by atomic mass is 10.0. The first-order chi connectivity index (χ1) is 7.84. The Morgan fingerprint density at radius 1 is 1.65 bits per heavy atom. The molecule has 1 saturated heterocycles. The molecule has 1 aliphatic heterocycles. The van der Waals surface area contributed by atoms with E-state index in [1.807, 2.05) is 0 Å². The van der Waals surface area contributed by atoms with Crippen molar-refractivity contribution in [1.82, 2.24) is 10.3 Å². The summed E-state index contributed by atoms with van der Waals surface area (Å²) in [4.78, 5) is 13.5. The van der Waals surface area contributed by atoms with Gasteiger partial charge in [-0.05, 0) is 34.1 Å². The molecule has 0 radical (unpaired) electrons. The van der Waals surface area contributed by atoms with Crippen LogP contribution >= 0.6 is 0 Å². The van der Waals surface area contributed by atoms with Crippen LogP contribution in [-0.4, -0.2) is 41.6 Å². The van der Waals surface area contributed by atoms with Crippen molar-refractivity contribution < 1.29 is 9.53 Å². The molecule has 0 aromatic heterocycles. The fourth-order valence-electron chi connectivity index (χ4n) is 2.43. The minimum atomic E-state index is -0.109. The number of nitrogens with two attached hydrogens (primary N) is 1. The lowest BCUT2D eigenvalue weighted by molar-refractivity contribution is -0.137. The van der Waals surface area contributed by atoms with Crippen LogP contribution in [0.4, 0.5) is 0 Å². The Bertz CT molecular complexity index is 268. The lowest BCUT2D eigenvalue weighted by Gasteiger charge is -2.44. The molecule has 0 aliphatic carbocycles. The fourth-order valence-corrected chi connectivity index (χ4v) is 2.43. The summed E-state index contributed by atoms with van der Waals surface area (Å²) in [5, 5.41) is 0. The number of carbonyl (C=O) groups excluding carboxylic acids is 1. The number of hydrazine groups is 1. The summed E-state index contributed by atoms with van der Waals surface area (Å²) in [6, 6.07) is 0.373. The Hall–Kier alpha value is -0.650. The van der Waals surface area contributed by atoms with Crippen molar-refractivity contribution in [3.63, 3.8) is 0 Å². The van der Waals surface area contributed by atoms with E-state index < -0.39 is 0 Å². The molecule has 17 heavy (non-hydrogen) atoms. The molecular formula is C12H25N3O2. The molecule has 0 aromatic carbocycles. The Morgan fingerprint density at radius 2 is 2.29 bits per heavy atom. The molecule has 0 bridgehead atoms. The zero-order valence-corrected chi connectivity index (χ0v) is 11.3. The molecule has 5 heteroatoms. The third-order valence-electron chi connectivity index (χ3n) is 3.17. The average Bonchev–Trinajstić information content (AvgIpc) is 2.22. The van der Waals surface area contributed by atoms with Crippen LogP contribution in [0.25, 0.3) is 0 Å². The second-order valence-electron chi connectivity index (χ2n) is 5.57. The summed E-state index contributed by atoms with van der Waals surface area (Å²) in [6.07, 6.45) is 1.54. The molecule has 1 rings (SSSR count). The number of amides is 1. The smallest absolute Gasteiger partial charge is 0.233 e. The predicted octanol–water partition coefficient (Wildman–Crippen LogP) is 0.644. The van der Waals surface area contributed by atoms with Gasteiger partial charge in [-0.2, -0.15) is 0 Å². The Labute approximate surface area is 104 Å². The van der Waals surface area contributed by atoms with Gasteiger partial charge in [0.1, 0.15) is 0 Å². The standard InChI is InChI=1S/C12H25N3O2/c1-9(5-6-11(16)14-13)15-7-10(2)17-12(3,4)8-15/h9-10H,5-8,13H2,1-4H3,(H,14,16). The second kappa shape index (κ2) is 5.80. The molecule has 1 aliphatic rings. The van der Waals surface area contributed by atoms with E-state index in [9.17, 15) is 4.79 Å². The maximum atomic E-state index is 11.1. The number of morpholine rings is 1. The highest BCUT2D eigenvalue weighted by atomic mass is 16.5. The summed E-state index contributed by atoms with van der Waals surface area (Å²) < 4.78 is 5.86. The van der Waals surface area contributed by atoms with Crippen LogP contribution in [-0.2, 0) is 9.53 Å². The molecule has 100 valence electrons.